The molecule has 1 N–H and O–H groups in total. The summed E-state index contributed by atoms with van der Waals surface area (Å²) < 4.78 is 37.3. The molecule has 0 aliphatic rings. The predicted octanol–water partition coefficient (Wildman–Crippen LogP) is 2.15. The van der Waals surface area contributed by atoms with Crippen LogP contribution in [0.4, 0.5) is 10.1 Å². The second-order valence-electron chi connectivity index (χ2n) is 3.44. The average molecular weight is 231 g/mol. The van der Waals surface area contributed by atoms with Gasteiger partial charge in [-0.25, -0.2) is 12.8 Å². The Morgan fingerprint density at radius 3 is 2.53 bits per heavy atom. The Labute approximate surface area is 89.4 Å². The fourth-order valence-corrected chi connectivity index (χ4v) is 1.85. The van der Waals surface area contributed by atoms with Gasteiger partial charge in [0.05, 0.1) is 11.9 Å². The Morgan fingerprint density at radius 2 is 2.07 bits per heavy atom. The number of aryl methyl sites for hydroxylation is 1. The van der Waals surface area contributed by atoms with Gasteiger partial charge >= 0.3 is 0 Å². The molecule has 0 fully saturated rings. The minimum Gasteiger partial charge on any atom is -0.281 e. The number of halogens is 1. The molecule has 0 heterocycles. The fraction of sp³-hybridized carbons (Fsp3) is 0.400. The number of benzene rings is 1. The highest BCUT2D eigenvalue weighted by atomic mass is 32.2. The Hall–Kier alpha value is -1.10. The van der Waals surface area contributed by atoms with Crippen LogP contribution in [0.3, 0.4) is 0 Å². The zero-order chi connectivity index (χ0) is 11.5. The Bertz CT molecular complexity index is 443. The van der Waals surface area contributed by atoms with Crippen molar-refractivity contribution < 1.29 is 12.8 Å². The van der Waals surface area contributed by atoms with Crippen molar-refractivity contribution in [1.82, 2.24) is 0 Å². The molecule has 0 radical (unpaired) electrons. The van der Waals surface area contributed by atoms with E-state index in [2.05, 4.69) is 4.72 Å². The van der Waals surface area contributed by atoms with Crippen LogP contribution in [0.2, 0.25) is 0 Å². The maximum Gasteiger partial charge on any atom is 0.229 e. The molecule has 0 aliphatic carbocycles. The van der Waals surface area contributed by atoms with E-state index in [9.17, 15) is 12.8 Å². The highest BCUT2D eigenvalue weighted by molar-refractivity contribution is 7.92. The molecular weight excluding hydrogens is 217 g/mol. The fourth-order valence-electron chi connectivity index (χ4n) is 1.29. The van der Waals surface area contributed by atoms with E-state index >= 15 is 0 Å². The first-order valence-electron chi connectivity index (χ1n) is 4.68. The van der Waals surface area contributed by atoms with Crippen molar-refractivity contribution >= 4 is 15.7 Å². The van der Waals surface area contributed by atoms with Gasteiger partial charge in [-0.1, -0.05) is 19.4 Å². The van der Waals surface area contributed by atoms with E-state index < -0.39 is 15.8 Å². The van der Waals surface area contributed by atoms with E-state index in [0.29, 0.717) is 0 Å². The predicted molar refractivity (Wildman–Crippen MR) is 58.9 cm³/mol. The third-order valence-electron chi connectivity index (χ3n) is 1.87. The molecule has 0 bridgehead atoms. The van der Waals surface area contributed by atoms with E-state index in [1.807, 2.05) is 6.92 Å². The van der Waals surface area contributed by atoms with E-state index in [1.54, 1.807) is 6.07 Å². The molecule has 0 unspecified atom stereocenters. The molecule has 84 valence electrons. The molecular formula is C10H14FNO2S. The number of anilines is 1. The number of hydrogen-bond acceptors (Lipinski definition) is 2. The molecule has 1 rings (SSSR count). The molecule has 0 aromatic heterocycles. The molecule has 0 spiro atoms. The summed E-state index contributed by atoms with van der Waals surface area (Å²) in [6.45, 7) is 2.00. The van der Waals surface area contributed by atoms with Gasteiger partial charge in [0.15, 0.2) is 0 Å². The highest BCUT2D eigenvalue weighted by Gasteiger charge is 2.07. The standard InChI is InChI=1S/C10H14FNO2S/c1-3-4-8-5-6-10(9(11)7-8)12-15(2,13)14/h5-7,12H,3-4H2,1-2H3. The van der Waals surface area contributed by atoms with Gasteiger partial charge < -0.3 is 0 Å². The van der Waals surface area contributed by atoms with E-state index in [1.165, 1.54) is 12.1 Å². The molecule has 0 aliphatic heterocycles. The lowest BCUT2D eigenvalue weighted by atomic mass is 10.1. The van der Waals surface area contributed by atoms with Gasteiger partial charge in [0.1, 0.15) is 5.82 Å². The summed E-state index contributed by atoms with van der Waals surface area (Å²) in [5, 5.41) is 0. The van der Waals surface area contributed by atoms with Gasteiger partial charge in [0, 0.05) is 0 Å². The lowest BCUT2D eigenvalue weighted by molar-refractivity contribution is 0.603. The van der Waals surface area contributed by atoms with Crippen LogP contribution in [0.1, 0.15) is 18.9 Å². The van der Waals surface area contributed by atoms with Crippen molar-refractivity contribution in [3.05, 3.63) is 29.6 Å². The van der Waals surface area contributed by atoms with E-state index in [-0.39, 0.29) is 5.69 Å². The van der Waals surface area contributed by atoms with Gasteiger partial charge in [0.25, 0.3) is 0 Å². The maximum atomic E-state index is 13.4. The number of nitrogens with one attached hydrogen (secondary N) is 1. The van der Waals surface area contributed by atoms with E-state index in [0.717, 1.165) is 24.7 Å². The van der Waals surface area contributed by atoms with Crippen LogP contribution in [0.5, 0.6) is 0 Å². The van der Waals surface area contributed by atoms with Crippen molar-refractivity contribution in [2.24, 2.45) is 0 Å². The average Bonchev–Trinajstić information content (AvgIpc) is 2.08. The van der Waals surface area contributed by atoms with Gasteiger partial charge in [-0.05, 0) is 24.1 Å². The molecule has 0 saturated carbocycles. The van der Waals surface area contributed by atoms with Gasteiger partial charge in [-0.15, -0.1) is 0 Å². The minimum absolute atomic E-state index is 0.00245. The molecule has 0 amide bonds. The van der Waals surface area contributed by atoms with Crippen LogP contribution in [0.25, 0.3) is 0 Å². The van der Waals surface area contributed by atoms with Crippen molar-refractivity contribution in [2.75, 3.05) is 11.0 Å². The summed E-state index contributed by atoms with van der Waals surface area (Å²) in [6.07, 6.45) is 2.71. The Balaban J connectivity index is 2.93. The zero-order valence-electron chi connectivity index (χ0n) is 8.75. The third-order valence-corrected chi connectivity index (χ3v) is 2.46. The first-order valence-corrected chi connectivity index (χ1v) is 6.57. The zero-order valence-corrected chi connectivity index (χ0v) is 9.57. The first kappa shape index (κ1) is 12.0. The third kappa shape index (κ3) is 3.87. The van der Waals surface area contributed by atoms with Crippen molar-refractivity contribution in [3.8, 4) is 0 Å². The van der Waals surface area contributed by atoms with Crippen LogP contribution >= 0.6 is 0 Å². The minimum atomic E-state index is -3.41. The second-order valence-corrected chi connectivity index (χ2v) is 5.19. The van der Waals surface area contributed by atoms with Crippen molar-refractivity contribution in [2.45, 2.75) is 19.8 Å². The summed E-state index contributed by atoms with van der Waals surface area (Å²) in [4.78, 5) is 0. The summed E-state index contributed by atoms with van der Waals surface area (Å²) in [7, 11) is -3.41. The van der Waals surface area contributed by atoms with Gasteiger partial charge in [0.2, 0.25) is 10.0 Å². The summed E-state index contributed by atoms with van der Waals surface area (Å²) in [5.41, 5.74) is 0.867. The molecule has 1 aromatic carbocycles. The molecule has 5 heteroatoms. The van der Waals surface area contributed by atoms with Crippen molar-refractivity contribution in [3.63, 3.8) is 0 Å². The monoisotopic (exact) mass is 231 g/mol. The largest absolute Gasteiger partial charge is 0.281 e. The molecule has 0 atom stereocenters. The van der Waals surface area contributed by atoms with Crippen LogP contribution in [-0.4, -0.2) is 14.7 Å². The number of sulfonamides is 1. The SMILES string of the molecule is CCCc1ccc(NS(C)(=O)=O)c(F)c1. The number of hydrogen-bond donors (Lipinski definition) is 1. The van der Waals surface area contributed by atoms with Gasteiger partial charge in [-0.2, -0.15) is 0 Å². The van der Waals surface area contributed by atoms with Crippen LogP contribution in [0, 0.1) is 5.82 Å². The van der Waals surface area contributed by atoms with E-state index in [4.69, 9.17) is 0 Å². The molecule has 0 saturated heterocycles. The second kappa shape index (κ2) is 4.61. The molecule has 15 heavy (non-hydrogen) atoms. The Morgan fingerprint density at radius 1 is 1.40 bits per heavy atom. The van der Waals surface area contributed by atoms with Crippen LogP contribution in [0.15, 0.2) is 18.2 Å². The van der Waals surface area contributed by atoms with Crippen LogP contribution < -0.4 is 4.72 Å². The summed E-state index contributed by atoms with van der Waals surface area (Å²) >= 11 is 0. The summed E-state index contributed by atoms with van der Waals surface area (Å²) in [5.74, 6) is -0.536. The number of rotatable bonds is 4. The lowest BCUT2D eigenvalue weighted by Crippen LogP contribution is -2.10. The quantitative estimate of drug-likeness (QED) is 0.863. The lowest BCUT2D eigenvalue weighted by Gasteiger charge is -2.06. The van der Waals surface area contributed by atoms with Crippen LogP contribution in [-0.2, 0) is 16.4 Å². The smallest absolute Gasteiger partial charge is 0.229 e. The first-order chi connectivity index (χ1) is 6.92. The van der Waals surface area contributed by atoms with Gasteiger partial charge in [-0.3, -0.25) is 4.72 Å². The highest BCUT2D eigenvalue weighted by Crippen LogP contribution is 2.17. The Kier molecular flexibility index (Phi) is 3.68. The van der Waals surface area contributed by atoms with Crippen molar-refractivity contribution in [1.29, 1.82) is 0 Å². The molecule has 1 aromatic rings. The maximum absolute atomic E-state index is 13.4. The molecule has 3 nitrogen and oxygen atoms in total. The topological polar surface area (TPSA) is 46.2 Å². The summed E-state index contributed by atoms with van der Waals surface area (Å²) in [6, 6.07) is 4.53. The normalized spacial score (nSPS) is 11.4.